The number of thiophene rings is 1. The molecule has 21 heavy (non-hydrogen) atoms. The Morgan fingerprint density at radius 1 is 1.33 bits per heavy atom. The van der Waals surface area contributed by atoms with Crippen molar-refractivity contribution in [1.82, 2.24) is 9.80 Å². The lowest BCUT2D eigenvalue weighted by molar-refractivity contribution is -0.143. The summed E-state index contributed by atoms with van der Waals surface area (Å²) >= 11 is 1.57. The van der Waals surface area contributed by atoms with Gasteiger partial charge in [0.2, 0.25) is 0 Å². The monoisotopic (exact) mass is 306 g/mol. The fourth-order valence-electron chi connectivity index (χ4n) is 2.91. The van der Waals surface area contributed by atoms with E-state index in [1.807, 2.05) is 17.5 Å². The van der Waals surface area contributed by atoms with Gasteiger partial charge in [-0.3, -0.25) is 0 Å². The van der Waals surface area contributed by atoms with Crippen molar-refractivity contribution in [2.75, 3.05) is 19.6 Å². The van der Waals surface area contributed by atoms with Crippen molar-refractivity contribution in [2.45, 2.75) is 25.8 Å². The average Bonchev–Trinajstić information content (AvgIpc) is 2.94. The van der Waals surface area contributed by atoms with E-state index in [-0.39, 0.29) is 6.03 Å². The zero-order valence-electron chi connectivity index (χ0n) is 11.9. The molecule has 0 aliphatic carbocycles. The summed E-state index contributed by atoms with van der Waals surface area (Å²) in [5.74, 6) is -0.952. The zero-order chi connectivity index (χ0) is 15.0. The molecular formula is C15H18N2O3S. The molecule has 6 heteroatoms. The van der Waals surface area contributed by atoms with Crippen LogP contribution < -0.4 is 0 Å². The summed E-state index contributed by atoms with van der Waals surface area (Å²) in [6.45, 7) is 3.77. The lowest BCUT2D eigenvalue weighted by Crippen LogP contribution is -2.50. The van der Waals surface area contributed by atoms with Crippen molar-refractivity contribution in [3.05, 3.63) is 33.5 Å². The standard InChI is InChI=1S/C15H18N2O3S/c1-10-2-6-16(7-3-10)15(20)17-8-4-12-11(5-9-21-12)13(17)14(18)19/h2,5,9,13H,3-4,6-8H2,1H3,(H,18,19). The van der Waals surface area contributed by atoms with E-state index in [4.69, 9.17) is 0 Å². The second-order valence-corrected chi connectivity index (χ2v) is 6.51. The lowest BCUT2D eigenvalue weighted by Gasteiger charge is -2.37. The third-order valence-electron chi connectivity index (χ3n) is 4.15. The first-order chi connectivity index (χ1) is 10.1. The van der Waals surface area contributed by atoms with Gasteiger partial charge in [0.25, 0.3) is 0 Å². The van der Waals surface area contributed by atoms with Crippen molar-refractivity contribution in [1.29, 1.82) is 0 Å². The molecule has 0 saturated carbocycles. The SMILES string of the molecule is CC1=CCN(C(=O)N2CCc3sccc3C2C(=O)O)CC1. The molecule has 112 valence electrons. The summed E-state index contributed by atoms with van der Waals surface area (Å²) in [6.07, 6.45) is 3.64. The summed E-state index contributed by atoms with van der Waals surface area (Å²) in [4.78, 5) is 28.6. The van der Waals surface area contributed by atoms with Crippen LogP contribution in [-0.2, 0) is 11.2 Å². The van der Waals surface area contributed by atoms with Gasteiger partial charge in [0.05, 0.1) is 0 Å². The molecule has 2 aliphatic rings. The van der Waals surface area contributed by atoms with Crippen molar-refractivity contribution >= 4 is 23.3 Å². The van der Waals surface area contributed by atoms with Crippen LogP contribution in [0.15, 0.2) is 23.1 Å². The zero-order valence-corrected chi connectivity index (χ0v) is 12.7. The average molecular weight is 306 g/mol. The fourth-order valence-corrected chi connectivity index (χ4v) is 3.82. The molecule has 1 atom stereocenters. The minimum Gasteiger partial charge on any atom is -0.479 e. The molecule has 1 unspecified atom stereocenters. The predicted molar refractivity (Wildman–Crippen MR) is 80.4 cm³/mol. The van der Waals surface area contributed by atoms with Gasteiger partial charge in [-0.05, 0) is 36.8 Å². The van der Waals surface area contributed by atoms with Gasteiger partial charge in [0, 0.05) is 24.5 Å². The van der Waals surface area contributed by atoms with Gasteiger partial charge in [0.15, 0.2) is 6.04 Å². The number of fused-ring (bicyclic) bond motifs is 1. The number of amides is 2. The van der Waals surface area contributed by atoms with Crippen LogP contribution in [0.3, 0.4) is 0 Å². The molecule has 0 radical (unpaired) electrons. The van der Waals surface area contributed by atoms with E-state index in [1.54, 1.807) is 16.2 Å². The van der Waals surface area contributed by atoms with Crippen LogP contribution in [0.2, 0.25) is 0 Å². The fraction of sp³-hybridized carbons (Fsp3) is 0.467. The number of nitrogens with zero attached hydrogens (tertiary/aromatic N) is 2. The van der Waals surface area contributed by atoms with Crippen LogP contribution >= 0.6 is 11.3 Å². The maximum absolute atomic E-state index is 12.7. The quantitative estimate of drug-likeness (QED) is 0.811. The van der Waals surface area contributed by atoms with Crippen molar-refractivity contribution in [3.63, 3.8) is 0 Å². The second-order valence-electron chi connectivity index (χ2n) is 5.51. The summed E-state index contributed by atoms with van der Waals surface area (Å²) in [6, 6.07) is 0.820. The molecule has 0 bridgehead atoms. The summed E-state index contributed by atoms with van der Waals surface area (Å²) in [5.41, 5.74) is 2.06. The van der Waals surface area contributed by atoms with Crippen molar-refractivity contribution in [3.8, 4) is 0 Å². The maximum atomic E-state index is 12.7. The van der Waals surface area contributed by atoms with Crippen LogP contribution in [0.5, 0.6) is 0 Å². The summed E-state index contributed by atoms with van der Waals surface area (Å²) < 4.78 is 0. The highest BCUT2D eigenvalue weighted by atomic mass is 32.1. The number of hydrogen-bond donors (Lipinski definition) is 1. The molecule has 2 aliphatic heterocycles. The van der Waals surface area contributed by atoms with Gasteiger partial charge in [0.1, 0.15) is 0 Å². The first-order valence-electron chi connectivity index (χ1n) is 7.08. The van der Waals surface area contributed by atoms with Crippen LogP contribution in [0.4, 0.5) is 4.79 Å². The van der Waals surface area contributed by atoms with E-state index >= 15 is 0 Å². The van der Waals surface area contributed by atoms with Gasteiger partial charge in [-0.25, -0.2) is 9.59 Å². The molecule has 5 nitrogen and oxygen atoms in total. The van der Waals surface area contributed by atoms with E-state index in [0.29, 0.717) is 19.6 Å². The molecule has 2 amide bonds. The molecule has 0 saturated heterocycles. The third-order valence-corrected chi connectivity index (χ3v) is 5.15. The van der Waals surface area contributed by atoms with Crippen LogP contribution in [-0.4, -0.2) is 46.5 Å². The highest BCUT2D eigenvalue weighted by molar-refractivity contribution is 7.10. The largest absolute Gasteiger partial charge is 0.479 e. The Morgan fingerprint density at radius 3 is 2.81 bits per heavy atom. The number of rotatable bonds is 1. The number of hydrogen-bond acceptors (Lipinski definition) is 3. The van der Waals surface area contributed by atoms with E-state index in [9.17, 15) is 14.7 Å². The van der Waals surface area contributed by atoms with E-state index in [2.05, 4.69) is 6.92 Å². The van der Waals surface area contributed by atoms with Gasteiger partial charge in [-0.1, -0.05) is 11.6 Å². The van der Waals surface area contributed by atoms with E-state index < -0.39 is 12.0 Å². The van der Waals surface area contributed by atoms with Crippen LogP contribution in [0.25, 0.3) is 0 Å². The Kier molecular flexibility index (Phi) is 3.71. The topological polar surface area (TPSA) is 60.9 Å². The number of urea groups is 1. The maximum Gasteiger partial charge on any atom is 0.331 e. The Hall–Kier alpha value is -1.82. The molecular weight excluding hydrogens is 288 g/mol. The lowest BCUT2D eigenvalue weighted by atomic mass is 10.0. The van der Waals surface area contributed by atoms with Crippen molar-refractivity contribution in [2.24, 2.45) is 0 Å². The Balaban J connectivity index is 1.84. The Labute approximate surface area is 127 Å². The molecule has 1 aromatic heterocycles. The number of carboxylic acids is 1. The highest BCUT2D eigenvalue weighted by Crippen LogP contribution is 2.34. The molecule has 1 N–H and O–H groups in total. The molecule has 3 rings (SSSR count). The van der Waals surface area contributed by atoms with E-state index in [1.165, 1.54) is 10.5 Å². The molecule has 1 aromatic rings. The number of carbonyl (C=O) groups is 2. The van der Waals surface area contributed by atoms with Gasteiger partial charge >= 0.3 is 12.0 Å². The van der Waals surface area contributed by atoms with Crippen LogP contribution in [0, 0.1) is 0 Å². The van der Waals surface area contributed by atoms with Gasteiger partial charge in [-0.15, -0.1) is 11.3 Å². The molecule has 0 spiro atoms. The highest BCUT2D eigenvalue weighted by Gasteiger charge is 2.38. The van der Waals surface area contributed by atoms with Crippen LogP contribution in [0.1, 0.15) is 29.8 Å². The first kappa shape index (κ1) is 14.1. The third kappa shape index (κ3) is 2.55. The minimum atomic E-state index is -0.952. The minimum absolute atomic E-state index is 0.164. The smallest absolute Gasteiger partial charge is 0.331 e. The van der Waals surface area contributed by atoms with Crippen molar-refractivity contribution < 1.29 is 14.7 Å². The predicted octanol–water partition coefficient (Wildman–Crippen LogP) is 2.50. The summed E-state index contributed by atoms with van der Waals surface area (Å²) in [5, 5.41) is 11.4. The molecule has 0 aromatic carbocycles. The Morgan fingerprint density at radius 2 is 2.14 bits per heavy atom. The van der Waals surface area contributed by atoms with E-state index in [0.717, 1.165) is 23.3 Å². The first-order valence-corrected chi connectivity index (χ1v) is 7.96. The van der Waals surface area contributed by atoms with Gasteiger partial charge in [-0.2, -0.15) is 0 Å². The molecule has 3 heterocycles. The molecule has 0 fully saturated rings. The Bertz CT molecular complexity index is 608. The number of carbonyl (C=O) groups excluding carboxylic acids is 1. The second kappa shape index (κ2) is 5.52. The van der Waals surface area contributed by atoms with Gasteiger partial charge < -0.3 is 14.9 Å². The number of aliphatic carboxylic acids is 1. The normalized spacial score (nSPS) is 21.8. The summed E-state index contributed by atoms with van der Waals surface area (Å²) in [7, 11) is 0. The number of carboxylic acid groups (broad SMARTS) is 1.